The molecule has 0 unspecified atom stereocenters. The smallest absolute Gasteiger partial charge is 0.267 e. The van der Waals surface area contributed by atoms with Crippen molar-refractivity contribution in [2.45, 2.75) is 0 Å². The van der Waals surface area contributed by atoms with Crippen LogP contribution in [-0.4, -0.2) is 17.0 Å². The number of hydrogen-bond donors (Lipinski definition) is 1. The van der Waals surface area contributed by atoms with Crippen molar-refractivity contribution in [1.82, 2.24) is 5.43 Å². The highest BCUT2D eigenvalue weighted by molar-refractivity contribution is 9.10. The Hall–Kier alpha value is -2.80. The Morgan fingerprint density at radius 1 is 1.17 bits per heavy atom. The minimum Gasteiger partial charge on any atom is -0.267 e. The number of rotatable bonds is 5. The molecule has 0 heterocycles. The highest BCUT2D eigenvalue weighted by Crippen LogP contribution is 2.18. The fraction of sp³-hybridized carbons (Fsp3) is 0. The lowest BCUT2D eigenvalue weighted by Gasteiger charge is -2.01. The molecule has 2 aromatic rings. The molecular weight excluding hydrogens is 362 g/mol. The molecule has 0 spiro atoms. The van der Waals surface area contributed by atoms with E-state index < -0.39 is 4.92 Å². The molecule has 6 nitrogen and oxygen atoms in total. The van der Waals surface area contributed by atoms with Crippen LogP contribution in [0.15, 0.2) is 64.2 Å². The van der Waals surface area contributed by atoms with Gasteiger partial charge in [-0.15, -0.1) is 0 Å². The number of nitro groups is 1. The van der Waals surface area contributed by atoms with Crippen molar-refractivity contribution in [3.63, 3.8) is 0 Å². The Bertz CT molecular complexity index is 788. The SMILES string of the molecule is O=C(N/N=C/C=C/c1ccccc1[N+](=O)[O-])c1ccccc1Br. The Balaban J connectivity index is 1.99. The van der Waals surface area contributed by atoms with Crippen LogP contribution in [-0.2, 0) is 0 Å². The standard InChI is InChI=1S/C16H12BrN3O3/c17-14-9-3-2-8-13(14)16(21)19-18-11-5-7-12-6-1-4-10-15(12)20(22)23/h1-11H,(H,19,21)/b7-5+,18-11+. The number of hydrogen-bond acceptors (Lipinski definition) is 4. The average molecular weight is 374 g/mol. The number of allylic oxidation sites excluding steroid dienone is 1. The van der Waals surface area contributed by atoms with E-state index >= 15 is 0 Å². The number of benzene rings is 2. The molecule has 0 saturated carbocycles. The van der Waals surface area contributed by atoms with Crippen molar-refractivity contribution in [2.75, 3.05) is 0 Å². The van der Waals surface area contributed by atoms with Crippen molar-refractivity contribution < 1.29 is 9.72 Å². The number of nitro benzene ring substituents is 1. The van der Waals surface area contributed by atoms with Crippen molar-refractivity contribution in [2.24, 2.45) is 5.10 Å². The number of amides is 1. The number of para-hydroxylation sites is 1. The van der Waals surface area contributed by atoms with Gasteiger partial charge in [-0.25, -0.2) is 5.43 Å². The molecule has 1 amide bonds. The Kier molecular flexibility index (Phi) is 5.76. The normalized spacial score (nSPS) is 11.0. The third-order valence-corrected chi connectivity index (χ3v) is 3.55. The second kappa shape index (κ2) is 8.00. The van der Waals surface area contributed by atoms with Crippen LogP contribution in [0.3, 0.4) is 0 Å². The van der Waals surface area contributed by atoms with Gasteiger partial charge >= 0.3 is 0 Å². The summed E-state index contributed by atoms with van der Waals surface area (Å²) in [6.07, 6.45) is 4.42. The first-order valence-electron chi connectivity index (χ1n) is 6.57. The van der Waals surface area contributed by atoms with Crippen molar-refractivity contribution >= 4 is 39.8 Å². The van der Waals surface area contributed by atoms with Crippen LogP contribution in [0.1, 0.15) is 15.9 Å². The van der Waals surface area contributed by atoms with E-state index in [9.17, 15) is 14.9 Å². The summed E-state index contributed by atoms with van der Waals surface area (Å²) in [6.45, 7) is 0. The fourth-order valence-electron chi connectivity index (χ4n) is 1.79. The monoisotopic (exact) mass is 373 g/mol. The lowest BCUT2D eigenvalue weighted by molar-refractivity contribution is -0.385. The molecule has 2 rings (SSSR count). The summed E-state index contributed by atoms with van der Waals surface area (Å²) in [5, 5.41) is 14.6. The summed E-state index contributed by atoms with van der Waals surface area (Å²) in [4.78, 5) is 22.3. The van der Waals surface area contributed by atoms with Crippen LogP contribution in [0.4, 0.5) is 5.69 Å². The van der Waals surface area contributed by atoms with E-state index in [1.165, 1.54) is 18.4 Å². The lowest BCUT2D eigenvalue weighted by Crippen LogP contribution is -2.17. The van der Waals surface area contributed by atoms with Gasteiger partial charge in [-0.1, -0.05) is 24.3 Å². The fourth-order valence-corrected chi connectivity index (χ4v) is 2.25. The minimum atomic E-state index is -0.453. The van der Waals surface area contributed by atoms with E-state index in [1.54, 1.807) is 48.5 Å². The molecule has 0 fully saturated rings. The van der Waals surface area contributed by atoms with E-state index in [2.05, 4.69) is 26.5 Å². The van der Waals surface area contributed by atoms with Crippen LogP contribution >= 0.6 is 15.9 Å². The van der Waals surface area contributed by atoms with Gasteiger partial charge in [0.15, 0.2) is 0 Å². The van der Waals surface area contributed by atoms with Gasteiger partial charge in [-0.05, 0) is 46.3 Å². The van der Waals surface area contributed by atoms with Gasteiger partial charge in [0.25, 0.3) is 11.6 Å². The summed E-state index contributed by atoms with van der Waals surface area (Å²) >= 11 is 3.28. The molecule has 0 radical (unpaired) electrons. The van der Waals surface area contributed by atoms with E-state index in [0.29, 0.717) is 15.6 Å². The first-order valence-corrected chi connectivity index (χ1v) is 7.37. The van der Waals surface area contributed by atoms with Crippen LogP contribution in [0.2, 0.25) is 0 Å². The lowest BCUT2D eigenvalue weighted by atomic mass is 10.2. The zero-order valence-corrected chi connectivity index (χ0v) is 13.4. The number of carbonyl (C=O) groups is 1. The molecule has 0 aliphatic carbocycles. The van der Waals surface area contributed by atoms with Crippen LogP contribution in [0.5, 0.6) is 0 Å². The molecule has 7 heteroatoms. The second-order valence-electron chi connectivity index (χ2n) is 4.37. The quantitative estimate of drug-likeness (QED) is 0.491. The minimum absolute atomic E-state index is 0.00871. The summed E-state index contributed by atoms with van der Waals surface area (Å²) in [5.74, 6) is -0.354. The Labute approximate surface area is 140 Å². The largest absolute Gasteiger partial charge is 0.276 e. The second-order valence-corrected chi connectivity index (χ2v) is 5.23. The van der Waals surface area contributed by atoms with Gasteiger partial charge in [-0.2, -0.15) is 5.10 Å². The molecule has 1 N–H and O–H groups in total. The van der Waals surface area contributed by atoms with Crippen LogP contribution in [0.25, 0.3) is 6.08 Å². The van der Waals surface area contributed by atoms with Gasteiger partial charge in [0.05, 0.1) is 16.1 Å². The summed E-state index contributed by atoms with van der Waals surface area (Å²) in [7, 11) is 0. The Morgan fingerprint density at radius 3 is 2.61 bits per heavy atom. The first kappa shape index (κ1) is 16.6. The predicted octanol–water partition coefficient (Wildman–Crippen LogP) is 3.79. The van der Waals surface area contributed by atoms with Crippen molar-refractivity contribution in [3.8, 4) is 0 Å². The Morgan fingerprint density at radius 2 is 1.87 bits per heavy atom. The molecule has 23 heavy (non-hydrogen) atoms. The van der Waals surface area contributed by atoms with Crippen molar-refractivity contribution in [1.29, 1.82) is 0 Å². The van der Waals surface area contributed by atoms with E-state index in [-0.39, 0.29) is 11.6 Å². The molecule has 0 atom stereocenters. The molecule has 0 bridgehead atoms. The average Bonchev–Trinajstić information content (AvgIpc) is 2.55. The molecular formula is C16H12BrN3O3. The zero-order chi connectivity index (χ0) is 16.7. The molecule has 116 valence electrons. The molecule has 2 aromatic carbocycles. The highest BCUT2D eigenvalue weighted by atomic mass is 79.9. The summed E-state index contributed by atoms with van der Waals surface area (Å²) in [5.41, 5.74) is 3.31. The van der Waals surface area contributed by atoms with Crippen molar-refractivity contribution in [3.05, 3.63) is 80.3 Å². The summed E-state index contributed by atoms with van der Waals surface area (Å²) in [6, 6.07) is 13.3. The van der Waals surface area contributed by atoms with E-state index in [4.69, 9.17) is 0 Å². The summed E-state index contributed by atoms with van der Waals surface area (Å²) < 4.78 is 0.670. The van der Waals surface area contributed by atoms with Gasteiger partial charge < -0.3 is 0 Å². The predicted molar refractivity (Wildman–Crippen MR) is 92.2 cm³/mol. The molecule has 0 aliphatic heterocycles. The maximum atomic E-state index is 11.9. The third kappa shape index (κ3) is 4.58. The number of nitrogens with one attached hydrogen (secondary N) is 1. The van der Waals surface area contributed by atoms with E-state index in [0.717, 1.165) is 0 Å². The van der Waals surface area contributed by atoms with Gasteiger partial charge in [-0.3, -0.25) is 14.9 Å². The van der Waals surface area contributed by atoms with Gasteiger partial charge in [0.1, 0.15) is 0 Å². The zero-order valence-electron chi connectivity index (χ0n) is 11.8. The van der Waals surface area contributed by atoms with Crippen LogP contribution in [0, 0.1) is 10.1 Å². The topological polar surface area (TPSA) is 84.6 Å². The maximum absolute atomic E-state index is 11.9. The molecule has 0 saturated heterocycles. The highest BCUT2D eigenvalue weighted by Gasteiger charge is 2.09. The number of halogens is 1. The number of nitrogens with zero attached hydrogens (tertiary/aromatic N) is 2. The third-order valence-electron chi connectivity index (χ3n) is 2.85. The van der Waals surface area contributed by atoms with Gasteiger partial charge in [0.2, 0.25) is 0 Å². The van der Waals surface area contributed by atoms with Crippen LogP contribution < -0.4 is 5.43 Å². The van der Waals surface area contributed by atoms with E-state index in [1.807, 2.05) is 0 Å². The number of hydrazone groups is 1. The molecule has 0 aliphatic rings. The first-order chi connectivity index (χ1) is 11.1. The molecule has 0 aromatic heterocycles. The van der Waals surface area contributed by atoms with Gasteiger partial charge in [0, 0.05) is 16.8 Å². The maximum Gasteiger partial charge on any atom is 0.276 e. The number of carbonyl (C=O) groups excluding carboxylic acids is 1.